The maximum absolute atomic E-state index is 9.38. The van der Waals surface area contributed by atoms with Crippen LogP contribution in [-0.2, 0) is 6.42 Å². The van der Waals surface area contributed by atoms with Gasteiger partial charge in [-0.15, -0.1) is 0 Å². The molecule has 3 heteroatoms. The number of aliphatic hydroxyl groups excluding tert-OH is 1. The van der Waals surface area contributed by atoms with Crippen LogP contribution in [0.3, 0.4) is 0 Å². The van der Waals surface area contributed by atoms with Gasteiger partial charge in [0.25, 0.3) is 0 Å². The van der Waals surface area contributed by atoms with Crippen LogP contribution in [0, 0.1) is 17.8 Å². The highest BCUT2D eigenvalue weighted by atomic mass is 16.5. The van der Waals surface area contributed by atoms with Crippen LogP contribution in [0.4, 0.5) is 0 Å². The summed E-state index contributed by atoms with van der Waals surface area (Å²) < 4.78 is 5.22. The van der Waals surface area contributed by atoms with Crippen LogP contribution in [0.15, 0.2) is 24.3 Å². The number of benzene rings is 1. The van der Waals surface area contributed by atoms with Gasteiger partial charge >= 0.3 is 0 Å². The molecule has 2 fully saturated rings. The topological polar surface area (TPSA) is 41.5 Å². The molecule has 1 aromatic rings. The third-order valence-electron chi connectivity index (χ3n) is 5.34. The third kappa shape index (κ3) is 3.58. The number of methoxy groups -OCH3 is 1. The minimum atomic E-state index is 0.333. The Hall–Kier alpha value is -1.06. The van der Waals surface area contributed by atoms with Gasteiger partial charge in [-0.3, -0.25) is 0 Å². The summed E-state index contributed by atoms with van der Waals surface area (Å²) in [5.41, 5.74) is 1.42. The molecule has 0 bridgehead atoms. The average molecular weight is 289 g/mol. The van der Waals surface area contributed by atoms with Gasteiger partial charge in [0.2, 0.25) is 0 Å². The van der Waals surface area contributed by atoms with Gasteiger partial charge in [-0.1, -0.05) is 12.1 Å². The van der Waals surface area contributed by atoms with Crippen molar-refractivity contribution in [3.63, 3.8) is 0 Å². The third-order valence-corrected chi connectivity index (χ3v) is 5.34. The maximum Gasteiger partial charge on any atom is 0.118 e. The number of ether oxygens (including phenoxy) is 1. The molecular weight excluding hydrogens is 262 g/mol. The standard InChI is InChI=1S/C18H27NO2/c1-21-17-5-2-13(3-6-17)8-14-4-7-18-16(9-14)10-15(12-20)11-19-18/h2-3,5-6,14-16,18-20H,4,7-12H2,1H3. The second kappa shape index (κ2) is 6.80. The summed E-state index contributed by atoms with van der Waals surface area (Å²) in [5.74, 6) is 2.95. The monoisotopic (exact) mass is 289 g/mol. The minimum Gasteiger partial charge on any atom is -0.497 e. The summed E-state index contributed by atoms with van der Waals surface area (Å²) in [6, 6.07) is 9.21. The zero-order valence-electron chi connectivity index (χ0n) is 12.9. The Labute approximate surface area is 127 Å². The summed E-state index contributed by atoms with van der Waals surface area (Å²) in [6.45, 7) is 1.33. The van der Waals surface area contributed by atoms with Gasteiger partial charge < -0.3 is 15.2 Å². The van der Waals surface area contributed by atoms with Gasteiger partial charge in [0, 0.05) is 19.2 Å². The lowest BCUT2D eigenvalue weighted by atomic mass is 9.71. The van der Waals surface area contributed by atoms with Crippen LogP contribution in [0.5, 0.6) is 5.75 Å². The molecule has 0 radical (unpaired) electrons. The average Bonchev–Trinajstić information content (AvgIpc) is 2.55. The van der Waals surface area contributed by atoms with Crippen molar-refractivity contribution in [2.75, 3.05) is 20.3 Å². The fourth-order valence-corrected chi connectivity index (χ4v) is 4.14. The zero-order valence-corrected chi connectivity index (χ0v) is 12.9. The second-order valence-corrected chi connectivity index (χ2v) is 6.79. The first-order valence-electron chi connectivity index (χ1n) is 8.25. The summed E-state index contributed by atoms with van der Waals surface area (Å²) in [4.78, 5) is 0. The Balaban J connectivity index is 1.57. The summed E-state index contributed by atoms with van der Waals surface area (Å²) in [6.07, 6.45) is 6.30. The van der Waals surface area contributed by atoms with Crippen molar-refractivity contribution in [3.8, 4) is 5.75 Å². The van der Waals surface area contributed by atoms with Crippen LogP contribution in [0.2, 0.25) is 0 Å². The molecule has 2 N–H and O–H groups in total. The number of nitrogens with one attached hydrogen (secondary N) is 1. The molecule has 1 heterocycles. The molecule has 116 valence electrons. The van der Waals surface area contributed by atoms with Crippen molar-refractivity contribution in [3.05, 3.63) is 29.8 Å². The normalized spacial score (nSPS) is 32.5. The van der Waals surface area contributed by atoms with E-state index in [0.717, 1.165) is 24.1 Å². The molecule has 2 aliphatic rings. The second-order valence-electron chi connectivity index (χ2n) is 6.79. The molecule has 1 aromatic carbocycles. The van der Waals surface area contributed by atoms with Crippen LogP contribution in [0.25, 0.3) is 0 Å². The molecule has 1 aliphatic carbocycles. The van der Waals surface area contributed by atoms with E-state index in [2.05, 4.69) is 29.6 Å². The molecule has 3 rings (SSSR count). The van der Waals surface area contributed by atoms with Crippen LogP contribution < -0.4 is 10.1 Å². The summed E-state index contributed by atoms with van der Waals surface area (Å²) in [5, 5.41) is 13.0. The number of fused-ring (bicyclic) bond motifs is 1. The van der Waals surface area contributed by atoms with Crippen LogP contribution in [-0.4, -0.2) is 31.4 Å². The minimum absolute atomic E-state index is 0.333. The molecule has 0 spiro atoms. The molecular formula is C18H27NO2. The van der Waals surface area contributed by atoms with Crippen LogP contribution in [0.1, 0.15) is 31.2 Å². The van der Waals surface area contributed by atoms with E-state index in [1.807, 2.05) is 0 Å². The predicted molar refractivity (Wildman–Crippen MR) is 84.5 cm³/mol. The van der Waals surface area contributed by atoms with Crippen molar-refractivity contribution in [1.29, 1.82) is 0 Å². The lowest BCUT2D eigenvalue weighted by Gasteiger charge is -2.42. The quantitative estimate of drug-likeness (QED) is 0.895. The number of rotatable bonds is 4. The molecule has 1 aliphatic heterocycles. The van der Waals surface area contributed by atoms with E-state index in [9.17, 15) is 5.11 Å². The molecule has 0 aromatic heterocycles. The van der Waals surface area contributed by atoms with E-state index in [4.69, 9.17) is 4.74 Å². The smallest absolute Gasteiger partial charge is 0.118 e. The number of hydrogen-bond donors (Lipinski definition) is 2. The van der Waals surface area contributed by atoms with Gasteiger partial charge in [0.15, 0.2) is 0 Å². The molecule has 3 nitrogen and oxygen atoms in total. The fraction of sp³-hybridized carbons (Fsp3) is 0.667. The lowest BCUT2D eigenvalue weighted by Crippen LogP contribution is -2.49. The highest BCUT2D eigenvalue weighted by Gasteiger charge is 2.35. The van der Waals surface area contributed by atoms with Crippen molar-refractivity contribution in [1.82, 2.24) is 5.32 Å². The largest absolute Gasteiger partial charge is 0.497 e. The van der Waals surface area contributed by atoms with Gasteiger partial charge in [-0.2, -0.15) is 0 Å². The Kier molecular flexibility index (Phi) is 4.81. The van der Waals surface area contributed by atoms with E-state index >= 15 is 0 Å². The maximum atomic E-state index is 9.38. The van der Waals surface area contributed by atoms with Gasteiger partial charge in [-0.25, -0.2) is 0 Å². The van der Waals surface area contributed by atoms with Gasteiger partial charge in [0.1, 0.15) is 5.75 Å². The Morgan fingerprint density at radius 3 is 2.62 bits per heavy atom. The van der Waals surface area contributed by atoms with E-state index in [1.54, 1.807) is 7.11 Å². The highest BCUT2D eigenvalue weighted by molar-refractivity contribution is 5.27. The van der Waals surface area contributed by atoms with Crippen molar-refractivity contribution >= 4 is 0 Å². The SMILES string of the molecule is COc1ccc(CC2CCC3NCC(CO)CC3C2)cc1. The number of hydrogen-bond acceptors (Lipinski definition) is 3. The summed E-state index contributed by atoms with van der Waals surface area (Å²) >= 11 is 0. The Morgan fingerprint density at radius 1 is 1.14 bits per heavy atom. The number of piperidine rings is 1. The van der Waals surface area contributed by atoms with Crippen molar-refractivity contribution in [2.24, 2.45) is 17.8 Å². The van der Waals surface area contributed by atoms with Crippen LogP contribution >= 0.6 is 0 Å². The zero-order chi connectivity index (χ0) is 14.7. The first kappa shape index (κ1) is 14.9. The molecule has 4 unspecified atom stereocenters. The number of aliphatic hydroxyl groups is 1. The van der Waals surface area contributed by atoms with Gasteiger partial charge in [0.05, 0.1) is 7.11 Å². The first-order chi connectivity index (χ1) is 10.3. The summed E-state index contributed by atoms with van der Waals surface area (Å²) in [7, 11) is 1.71. The Morgan fingerprint density at radius 2 is 1.90 bits per heavy atom. The molecule has 4 atom stereocenters. The predicted octanol–water partition coefficient (Wildman–Crippen LogP) is 2.62. The van der Waals surface area contributed by atoms with E-state index in [-0.39, 0.29) is 0 Å². The highest BCUT2D eigenvalue weighted by Crippen LogP contribution is 2.37. The lowest BCUT2D eigenvalue weighted by molar-refractivity contribution is 0.0989. The van der Waals surface area contributed by atoms with E-state index < -0.39 is 0 Å². The Bertz CT molecular complexity index is 445. The molecule has 1 saturated heterocycles. The molecule has 21 heavy (non-hydrogen) atoms. The molecule has 1 saturated carbocycles. The van der Waals surface area contributed by atoms with E-state index in [0.29, 0.717) is 18.6 Å². The van der Waals surface area contributed by atoms with Gasteiger partial charge in [-0.05, 0) is 67.6 Å². The van der Waals surface area contributed by atoms with E-state index in [1.165, 1.54) is 37.7 Å². The van der Waals surface area contributed by atoms with Crippen molar-refractivity contribution in [2.45, 2.75) is 38.1 Å². The van der Waals surface area contributed by atoms with Crippen molar-refractivity contribution < 1.29 is 9.84 Å². The first-order valence-corrected chi connectivity index (χ1v) is 8.25. The molecule has 0 amide bonds. The fourth-order valence-electron chi connectivity index (χ4n) is 4.14.